The summed E-state index contributed by atoms with van der Waals surface area (Å²) in [6, 6.07) is 5.01. The largest absolute Gasteiger partial charge is 0.494 e. The van der Waals surface area contributed by atoms with Crippen LogP contribution in [-0.4, -0.2) is 25.9 Å². The van der Waals surface area contributed by atoms with E-state index in [4.69, 9.17) is 15.2 Å². The predicted molar refractivity (Wildman–Crippen MR) is 68.2 cm³/mol. The summed E-state index contributed by atoms with van der Waals surface area (Å²) in [6.07, 6.45) is 4.00. The van der Waals surface area contributed by atoms with Crippen LogP contribution < -0.4 is 10.5 Å². The molecule has 1 aromatic carbocycles. The molecular formula is C14H20FNO2. The van der Waals surface area contributed by atoms with E-state index in [0.717, 1.165) is 31.4 Å². The first-order chi connectivity index (χ1) is 8.69. The number of hydrogen-bond donors (Lipinski definition) is 1. The van der Waals surface area contributed by atoms with Crippen molar-refractivity contribution in [2.24, 2.45) is 5.73 Å². The zero-order valence-electron chi connectivity index (χ0n) is 10.7. The van der Waals surface area contributed by atoms with Crippen molar-refractivity contribution in [2.45, 2.75) is 37.8 Å². The van der Waals surface area contributed by atoms with E-state index in [2.05, 4.69) is 0 Å². The molecule has 0 aromatic heterocycles. The Hall–Kier alpha value is -1.13. The van der Waals surface area contributed by atoms with Gasteiger partial charge in [-0.05, 0) is 43.4 Å². The maximum atomic E-state index is 13.5. The van der Waals surface area contributed by atoms with E-state index in [-0.39, 0.29) is 23.7 Å². The van der Waals surface area contributed by atoms with Gasteiger partial charge < -0.3 is 15.2 Å². The quantitative estimate of drug-likeness (QED) is 0.875. The Morgan fingerprint density at radius 2 is 2.39 bits per heavy atom. The fourth-order valence-electron chi connectivity index (χ4n) is 2.39. The van der Waals surface area contributed by atoms with Gasteiger partial charge in [0.15, 0.2) is 11.6 Å². The average Bonchev–Trinajstić information content (AvgIpc) is 2.82. The Bertz CT molecular complexity index is 391. The van der Waals surface area contributed by atoms with Crippen LogP contribution in [0.15, 0.2) is 18.2 Å². The molecule has 1 fully saturated rings. The summed E-state index contributed by atoms with van der Waals surface area (Å²) in [5.74, 6) is -0.0641. The molecule has 100 valence electrons. The molecule has 4 heteroatoms. The highest BCUT2D eigenvalue weighted by Gasteiger charge is 2.19. The SMILES string of the molecule is COc1ccc(CC(N)CC2CCCO2)cc1F. The van der Waals surface area contributed by atoms with Gasteiger partial charge in [0, 0.05) is 12.6 Å². The molecule has 0 saturated carbocycles. The number of nitrogens with two attached hydrogens (primary N) is 1. The lowest BCUT2D eigenvalue weighted by Gasteiger charge is -2.16. The Morgan fingerprint density at radius 1 is 1.56 bits per heavy atom. The molecule has 3 nitrogen and oxygen atoms in total. The maximum Gasteiger partial charge on any atom is 0.165 e. The molecule has 1 aliphatic heterocycles. The maximum absolute atomic E-state index is 13.5. The van der Waals surface area contributed by atoms with E-state index >= 15 is 0 Å². The van der Waals surface area contributed by atoms with Gasteiger partial charge in [0.2, 0.25) is 0 Å². The number of benzene rings is 1. The Kier molecular flexibility index (Phi) is 4.55. The van der Waals surface area contributed by atoms with Crippen LogP contribution in [0.3, 0.4) is 0 Å². The van der Waals surface area contributed by atoms with Gasteiger partial charge in [0.25, 0.3) is 0 Å². The highest BCUT2D eigenvalue weighted by molar-refractivity contribution is 5.29. The average molecular weight is 253 g/mol. The van der Waals surface area contributed by atoms with Crippen LogP contribution in [0.4, 0.5) is 4.39 Å². The Labute approximate surface area is 107 Å². The number of rotatable bonds is 5. The third-order valence-corrected chi connectivity index (χ3v) is 3.30. The molecular weight excluding hydrogens is 233 g/mol. The second-order valence-corrected chi connectivity index (χ2v) is 4.80. The van der Waals surface area contributed by atoms with Gasteiger partial charge in [-0.3, -0.25) is 0 Å². The molecule has 1 aliphatic rings. The van der Waals surface area contributed by atoms with Crippen LogP contribution in [0.1, 0.15) is 24.8 Å². The van der Waals surface area contributed by atoms with E-state index in [0.29, 0.717) is 6.42 Å². The monoisotopic (exact) mass is 253 g/mol. The van der Waals surface area contributed by atoms with Gasteiger partial charge in [-0.15, -0.1) is 0 Å². The molecule has 18 heavy (non-hydrogen) atoms. The first kappa shape index (κ1) is 13.3. The molecule has 0 bridgehead atoms. The van der Waals surface area contributed by atoms with Crippen LogP contribution in [-0.2, 0) is 11.2 Å². The number of hydrogen-bond acceptors (Lipinski definition) is 3. The molecule has 1 saturated heterocycles. The molecule has 2 N–H and O–H groups in total. The van der Waals surface area contributed by atoms with Crippen molar-refractivity contribution in [3.8, 4) is 5.75 Å². The van der Waals surface area contributed by atoms with Crippen LogP contribution in [0, 0.1) is 5.82 Å². The first-order valence-electron chi connectivity index (χ1n) is 6.38. The van der Waals surface area contributed by atoms with Gasteiger partial charge in [-0.25, -0.2) is 4.39 Å². The molecule has 0 radical (unpaired) electrons. The topological polar surface area (TPSA) is 44.5 Å². The van der Waals surface area contributed by atoms with Crippen LogP contribution >= 0.6 is 0 Å². The normalized spacial score (nSPS) is 20.9. The third kappa shape index (κ3) is 3.43. The van der Waals surface area contributed by atoms with Crippen molar-refractivity contribution in [3.05, 3.63) is 29.6 Å². The molecule has 0 spiro atoms. The van der Waals surface area contributed by atoms with Crippen molar-refractivity contribution in [1.82, 2.24) is 0 Å². The summed E-state index contributed by atoms with van der Waals surface area (Å²) in [7, 11) is 1.46. The van der Waals surface area contributed by atoms with Crippen LogP contribution in [0.2, 0.25) is 0 Å². The molecule has 1 aromatic rings. The van der Waals surface area contributed by atoms with E-state index in [9.17, 15) is 4.39 Å². The van der Waals surface area contributed by atoms with Crippen LogP contribution in [0.5, 0.6) is 5.75 Å². The Balaban J connectivity index is 1.89. The lowest BCUT2D eigenvalue weighted by Crippen LogP contribution is -2.28. The smallest absolute Gasteiger partial charge is 0.165 e. The number of halogens is 1. The van der Waals surface area contributed by atoms with Gasteiger partial charge >= 0.3 is 0 Å². The molecule has 1 heterocycles. The summed E-state index contributed by atoms with van der Waals surface area (Å²) >= 11 is 0. The minimum atomic E-state index is -0.334. The van der Waals surface area contributed by atoms with Gasteiger partial charge in [-0.1, -0.05) is 6.07 Å². The molecule has 0 amide bonds. The zero-order chi connectivity index (χ0) is 13.0. The second-order valence-electron chi connectivity index (χ2n) is 4.80. The number of ether oxygens (including phenoxy) is 2. The Morgan fingerprint density at radius 3 is 3.00 bits per heavy atom. The van der Waals surface area contributed by atoms with E-state index in [1.165, 1.54) is 13.2 Å². The summed E-state index contributed by atoms with van der Waals surface area (Å²) in [6.45, 7) is 0.842. The van der Waals surface area contributed by atoms with E-state index in [1.807, 2.05) is 6.07 Å². The summed E-state index contributed by atoms with van der Waals surface area (Å²) < 4.78 is 23.9. The highest BCUT2D eigenvalue weighted by atomic mass is 19.1. The lowest BCUT2D eigenvalue weighted by molar-refractivity contribution is 0.0983. The van der Waals surface area contributed by atoms with E-state index < -0.39 is 0 Å². The zero-order valence-corrected chi connectivity index (χ0v) is 10.7. The number of methoxy groups -OCH3 is 1. The van der Waals surface area contributed by atoms with E-state index in [1.54, 1.807) is 6.07 Å². The van der Waals surface area contributed by atoms with Gasteiger partial charge in [0.1, 0.15) is 0 Å². The van der Waals surface area contributed by atoms with Gasteiger partial charge in [0.05, 0.1) is 13.2 Å². The summed E-state index contributed by atoms with van der Waals surface area (Å²) in [4.78, 5) is 0. The minimum absolute atomic E-state index is 0.0147. The first-order valence-corrected chi connectivity index (χ1v) is 6.38. The summed E-state index contributed by atoms with van der Waals surface area (Å²) in [5.41, 5.74) is 6.97. The fraction of sp³-hybridized carbons (Fsp3) is 0.571. The van der Waals surface area contributed by atoms with Gasteiger partial charge in [-0.2, -0.15) is 0 Å². The van der Waals surface area contributed by atoms with Crippen molar-refractivity contribution in [2.75, 3.05) is 13.7 Å². The third-order valence-electron chi connectivity index (χ3n) is 3.30. The minimum Gasteiger partial charge on any atom is -0.494 e. The molecule has 2 rings (SSSR count). The predicted octanol–water partition coefficient (Wildman–Crippen LogP) is 2.27. The standard InChI is InChI=1S/C14H20FNO2/c1-17-14-5-4-10(8-13(14)15)7-11(16)9-12-3-2-6-18-12/h4-5,8,11-12H,2-3,6-7,9,16H2,1H3. The lowest BCUT2D eigenvalue weighted by atomic mass is 10.00. The second kappa shape index (κ2) is 6.16. The molecule has 2 atom stereocenters. The van der Waals surface area contributed by atoms with Crippen molar-refractivity contribution in [1.29, 1.82) is 0 Å². The molecule has 0 aliphatic carbocycles. The van der Waals surface area contributed by atoms with Crippen LogP contribution in [0.25, 0.3) is 0 Å². The summed E-state index contributed by atoms with van der Waals surface area (Å²) in [5, 5.41) is 0. The van der Waals surface area contributed by atoms with Crippen molar-refractivity contribution in [3.63, 3.8) is 0 Å². The van der Waals surface area contributed by atoms with Crippen molar-refractivity contribution < 1.29 is 13.9 Å². The molecule has 2 unspecified atom stereocenters. The highest BCUT2D eigenvalue weighted by Crippen LogP contribution is 2.21. The van der Waals surface area contributed by atoms with Crippen molar-refractivity contribution >= 4 is 0 Å². The fourth-order valence-corrected chi connectivity index (χ4v) is 2.39.